The van der Waals surface area contributed by atoms with Crippen molar-refractivity contribution in [3.05, 3.63) is 0 Å². The largest absolute Gasteiger partial charge is 0.394 e. The van der Waals surface area contributed by atoms with E-state index >= 15 is 0 Å². The molecule has 3 aliphatic carbocycles. The predicted molar refractivity (Wildman–Crippen MR) is 65.3 cm³/mol. The lowest BCUT2D eigenvalue weighted by Crippen LogP contribution is -2.65. The van der Waals surface area contributed by atoms with Crippen LogP contribution >= 0.6 is 0 Å². The molecule has 0 aromatic carbocycles. The summed E-state index contributed by atoms with van der Waals surface area (Å²) in [7, 11) is 0. The van der Waals surface area contributed by atoms with E-state index in [1.807, 2.05) is 0 Å². The van der Waals surface area contributed by atoms with Gasteiger partial charge in [0, 0.05) is 11.6 Å². The molecule has 2 N–H and O–H groups in total. The fourth-order valence-corrected chi connectivity index (χ4v) is 4.10. The first-order valence-electron chi connectivity index (χ1n) is 7.17. The molecule has 3 rings (SSSR count). The van der Waals surface area contributed by atoms with Crippen LogP contribution in [0.2, 0.25) is 0 Å². The summed E-state index contributed by atoms with van der Waals surface area (Å²) in [5.74, 6) is 0. The van der Waals surface area contributed by atoms with Crippen LogP contribution in [0.5, 0.6) is 0 Å². The van der Waals surface area contributed by atoms with E-state index in [2.05, 4.69) is 5.32 Å². The van der Waals surface area contributed by atoms with Crippen LogP contribution in [-0.2, 0) is 0 Å². The van der Waals surface area contributed by atoms with Crippen LogP contribution < -0.4 is 5.32 Å². The Kier molecular flexibility index (Phi) is 2.75. The molecule has 0 amide bonds. The Morgan fingerprint density at radius 2 is 1.69 bits per heavy atom. The van der Waals surface area contributed by atoms with E-state index in [0.717, 1.165) is 6.04 Å². The Hall–Kier alpha value is -0.0800. The molecule has 0 heterocycles. The second-order valence-electron chi connectivity index (χ2n) is 6.45. The van der Waals surface area contributed by atoms with Gasteiger partial charge in [0.25, 0.3) is 0 Å². The molecule has 1 spiro atoms. The van der Waals surface area contributed by atoms with Crippen LogP contribution in [0.15, 0.2) is 0 Å². The smallest absolute Gasteiger partial charge is 0.0613 e. The number of aliphatic hydroxyl groups excluding tert-OH is 1. The first-order valence-corrected chi connectivity index (χ1v) is 7.17. The fourth-order valence-electron chi connectivity index (χ4n) is 4.10. The average Bonchev–Trinajstić information content (AvgIpc) is 2.28. The number of hydrogen-bond donors (Lipinski definition) is 2. The minimum absolute atomic E-state index is 0.121. The molecule has 1 atom stereocenters. The normalized spacial score (nSPS) is 35.4. The van der Waals surface area contributed by atoms with Crippen molar-refractivity contribution in [2.24, 2.45) is 5.41 Å². The Bertz CT molecular complexity index is 248. The monoisotopic (exact) mass is 223 g/mol. The molecular formula is C14H25NO. The maximum Gasteiger partial charge on any atom is 0.0613 e. The summed E-state index contributed by atoms with van der Waals surface area (Å²) in [6.45, 7) is 0.347. The zero-order chi connectivity index (χ0) is 11.1. The molecule has 92 valence electrons. The zero-order valence-electron chi connectivity index (χ0n) is 10.3. The fraction of sp³-hybridized carbons (Fsp3) is 1.00. The van der Waals surface area contributed by atoms with Crippen molar-refractivity contribution in [2.45, 2.75) is 75.8 Å². The molecule has 16 heavy (non-hydrogen) atoms. The predicted octanol–water partition coefficient (Wildman–Crippen LogP) is 2.60. The summed E-state index contributed by atoms with van der Waals surface area (Å²) in [6, 6.07) is 0.722. The third-order valence-electron chi connectivity index (χ3n) is 5.61. The first-order chi connectivity index (χ1) is 7.79. The van der Waals surface area contributed by atoms with Crippen molar-refractivity contribution in [2.75, 3.05) is 6.61 Å². The quantitative estimate of drug-likeness (QED) is 0.771. The van der Waals surface area contributed by atoms with E-state index in [1.165, 1.54) is 64.2 Å². The van der Waals surface area contributed by atoms with Gasteiger partial charge < -0.3 is 10.4 Å². The van der Waals surface area contributed by atoms with Crippen molar-refractivity contribution < 1.29 is 5.11 Å². The molecule has 3 aliphatic rings. The van der Waals surface area contributed by atoms with Gasteiger partial charge in [-0.2, -0.15) is 0 Å². The van der Waals surface area contributed by atoms with Gasteiger partial charge >= 0.3 is 0 Å². The highest BCUT2D eigenvalue weighted by molar-refractivity contribution is 5.07. The summed E-state index contributed by atoms with van der Waals surface area (Å²) in [4.78, 5) is 0. The molecule has 0 aliphatic heterocycles. The van der Waals surface area contributed by atoms with E-state index in [0.29, 0.717) is 12.0 Å². The van der Waals surface area contributed by atoms with Crippen LogP contribution in [0.25, 0.3) is 0 Å². The third-order valence-corrected chi connectivity index (χ3v) is 5.61. The Morgan fingerprint density at radius 1 is 0.938 bits per heavy atom. The van der Waals surface area contributed by atoms with E-state index in [-0.39, 0.29) is 5.54 Å². The van der Waals surface area contributed by atoms with Gasteiger partial charge in [0.05, 0.1) is 6.61 Å². The average molecular weight is 223 g/mol. The van der Waals surface area contributed by atoms with Crippen LogP contribution in [0.1, 0.15) is 64.2 Å². The first kappa shape index (κ1) is 11.0. The Morgan fingerprint density at radius 3 is 2.12 bits per heavy atom. The van der Waals surface area contributed by atoms with E-state index < -0.39 is 0 Å². The standard InChI is InChI=1S/C14H25NO/c16-11-14(8-4-9-14)15-12-5-10-13(12)6-2-1-3-7-13/h12,15-16H,1-11H2. The Labute approximate surface area is 98.8 Å². The minimum Gasteiger partial charge on any atom is -0.394 e. The van der Waals surface area contributed by atoms with E-state index in [9.17, 15) is 5.11 Å². The highest BCUT2D eigenvalue weighted by Crippen LogP contribution is 2.53. The molecule has 2 heteroatoms. The summed E-state index contributed by atoms with van der Waals surface area (Å²) >= 11 is 0. The number of aliphatic hydroxyl groups is 1. The van der Waals surface area contributed by atoms with Crippen molar-refractivity contribution in [3.8, 4) is 0 Å². The molecule has 2 nitrogen and oxygen atoms in total. The molecule has 3 saturated carbocycles. The molecule has 0 aromatic rings. The lowest BCUT2D eigenvalue weighted by atomic mass is 9.56. The van der Waals surface area contributed by atoms with Gasteiger partial charge in [-0.05, 0) is 50.4 Å². The van der Waals surface area contributed by atoms with Crippen molar-refractivity contribution in [1.82, 2.24) is 5.32 Å². The molecule has 0 bridgehead atoms. The van der Waals surface area contributed by atoms with Gasteiger partial charge in [-0.15, -0.1) is 0 Å². The van der Waals surface area contributed by atoms with Crippen LogP contribution in [0, 0.1) is 5.41 Å². The lowest BCUT2D eigenvalue weighted by molar-refractivity contribution is -0.0262. The molecule has 0 aromatic heterocycles. The van der Waals surface area contributed by atoms with Gasteiger partial charge in [-0.3, -0.25) is 0 Å². The highest BCUT2D eigenvalue weighted by atomic mass is 16.3. The molecule has 3 fully saturated rings. The number of hydrogen-bond acceptors (Lipinski definition) is 2. The van der Waals surface area contributed by atoms with Crippen molar-refractivity contribution >= 4 is 0 Å². The van der Waals surface area contributed by atoms with Crippen molar-refractivity contribution in [1.29, 1.82) is 0 Å². The minimum atomic E-state index is 0.121. The summed E-state index contributed by atoms with van der Waals surface area (Å²) in [6.07, 6.45) is 13.7. The van der Waals surface area contributed by atoms with Gasteiger partial charge in [0.15, 0.2) is 0 Å². The van der Waals surface area contributed by atoms with Crippen molar-refractivity contribution in [3.63, 3.8) is 0 Å². The second kappa shape index (κ2) is 3.99. The number of rotatable bonds is 3. The van der Waals surface area contributed by atoms with E-state index in [4.69, 9.17) is 0 Å². The van der Waals surface area contributed by atoms with Gasteiger partial charge in [0.2, 0.25) is 0 Å². The SMILES string of the molecule is OCC1(NC2CCC23CCCCC3)CCC1. The van der Waals surface area contributed by atoms with Gasteiger partial charge in [0.1, 0.15) is 0 Å². The van der Waals surface area contributed by atoms with Gasteiger partial charge in [-0.1, -0.05) is 19.3 Å². The van der Waals surface area contributed by atoms with Gasteiger partial charge in [-0.25, -0.2) is 0 Å². The molecule has 0 radical (unpaired) electrons. The Balaban J connectivity index is 1.62. The third kappa shape index (κ3) is 1.62. The van der Waals surface area contributed by atoms with Crippen LogP contribution in [0.4, 0.5) is 0 Å². The topological polar surface area (TPSA) is 32.3 Å². The molecule has 1 unspecified atom stereocenters. The zero-order valence-corrected chi connectivity index (χ0v) is 10.3. The van der Waals surface area contributed by atoms with Crippen LogP contribution in [-0.4, -0.2) is 23.3 Å². The maximum absolute atomic E-state index is 9.53. The van der Waals surface area contributed by atoms with Crippen LogP contribution in [0.3, 0.4) is 0 Å². The molecular weight excluding hydrogens is 198 g/mol. The number of nitrogens with one attached hydrogen (secondary N) is 1. The summed E-state index contributed by atoms with van der Waals surface area (Å²) < 4.78 is 0. The maximum atomic E-state index is 9.53. The summed E-state index contributed by atoms with van der Waals surface area (Å²) in [5.41, 5.74) is 0.755. The second-order valence-corrected chi connectivity index (χ2v) is 6.45. The lowest BCUT2D eigenvalue weighted by Gasteiger charge is -2.57. The molecule has 0 saturated heterocycles. The van der Waals surface area contributed by atoms with E-state index in [1.54, 1.807) is 0 Å². The summed E-state index contributed by atoms with van der Waals surface area (Å²) in [5, 5.41) is 13.4. The highest BCUT2D eigenvalue weighted by Gasteiger charge is 2.50.